The van der Waals surface area contributed by atoms with Crippen LogP contribution in [0.2, 0.25) is 0 Å². The number of fused-ring (bicyclic) bond motifs is 1. The highest BCUT2D eigenvalue weighted by molar-refractivity contribution is 7.98. The number of nitrogens with one attached hydrogen (secondary N) is 1. The predicted molar refractivity (Wildman–Crippen MR) is 92.2 cm³/mol. The highest BCUT2D eigenvalue weighted by Crippen LogP contribution is 2.32. The van der Waals surface area contributed by atoms with Crippen molar-refractivity contribution in [3.8, 4) is 11.5 Å². The van der Waals surface area contributed by atoms with E-state index in [1.165, 1.54) is 11.1 Å². The maximum Gasteiger partial charge on any atom is 0.251 e. The first-order chi connectivity index (χ1) is 11.2. The van der Waals surface area contributed by atoms with Gasteiger partial charge in [-0.15, -0.1) is 0 Å². The van der Waals surface area contributed by atoms with Crippen LogP contribution in [0.15, 0.2) is 42.5 Å². The van der Waals surface area contributed by atoms with Crippen LogP contribution in [0, 0.1) is 6.92 Å². The number of carbonyl (C=O) groups is 1. The average molecular weight is 329 g/mol. The maximum atomic E-state index is 12.1. The zero-order valence-electron chi connectivity index (χ0n) is 13.0. The van der Waals surface area contributed by atoms with Crippen molar-refractivity contribution in [2.75, 3.05) is 19.1 Å². The topological polar surface area (TPSA) is 47.6 Å². The van der Waals surface area contributed by atoms with Gasteiger partial charge in [0.1, 0.15) is 0 Å². The van der Waals surface area contributed by atoms with E-state index in [9.17, 15) is 4.79 Å². The summed E-state index contributed by atoms with van der Waals surface area (Å²) in [5.41, 5.74) is 3.18. The fourth-order valence-electron chi connectivity index (χ4n) is 2.25. The SMILES string of the molecule is Cc1ccc(CSCCNC(=O)c2ccc3c(c2)OCO3)cc1. The monoisotopic (exact) mass is 329 g/mol. The summed E-state index contributed by atoms with van der Waals surface area (Å²) in [5.74, 6) is 3.07. The number of ether oxygens (including phenoxy) is 2. The molecule has 0 radical (unpaired) electrons. The Bertz CT molecular complexity index is 685. The van der Waals surface area contributed by atoms with E-state index in [2.05, 4.69) is 36.5 Å². The van der Waals surface area contributed by atoms with Crippen LogP contribution in [0.5, 0.6) is 11.5 Å². The highest BCUT2D eigenvalue weighted by atomic mass is 32.2. The lowest BCUT2D eigenvalue weighted by atomic mass is 10.2. The van der Waals surface area contributed by atoms with Gasteiger partial charge < -0.3 is 14.8 Å². The molecule has 1 aliphatic heterocycles. The number of carbonyl (C=O) groups excluding carboxylic acids is 1. The molecule has 0 saturated heterocycles. The number of rotatable bonds is 6. The molecule has 23 heavy (non-hydrogen) atoms. The molecule has 2 aromatic rings. The third kappa shape index (κ3) is 4.20. The Morgan fingerprint density at radius 1 is 1.13 bits per heavy atom. The molecule has 2 aromatic carbocycles. The quantitative estimate of drug-likeness (QED) is 0.825. The molecule has 5 heteroatoms. The fraction of sp³-hybridized carbons (Fsp3) is 0.278. The minimum atomic E-state index is -0.0840. The molecule has 1 N–H and O–H groups in total. The molecule has 3 rings (SSSR count). The summed E-state index contributed by atoms with van der Waals surface area (Å²) >= 11 is 1.81. The summed E-state index contributed by atoms with van der Waals surface area (Å²) in [7, 11) is 0. The number of aryl methyl sites for hydroxylation is 1. The van der Waals surface area contributed by atoms with E-state index >= 15 is 0 Å². The van der Waals surface area contributed by atoms with Gasteiger partial charge in [0, 0.05) is 23.6 Å². The van der Waals surface area contributed by atoms with Crippen molar-refractivity contribution < 1.29 is 14.3 Å². The molecule has 0 spiro atoms. The first-order valence-electron chi connectivity index (χ1n) is 7.53. The van der Waals surface area contributed by atoms with Gasteiger partial charge in [0.05, 0.1) is 0 Å². The van der Waals surface area contributed by atoms with E-state index in [0.717, 1.165) is 11.5 Å². The Morgan fingerprint density at radius 2 is 1.91 bits per heavy atom. The van der Waals surface area contributed by atoms with Gasteiger partial charge in [-0.3, -0.25) is 4.79 Å². The number of hydrogen-bond donors (Lipinski definition) is 1. The molecule has 0 atom stereocenters. The molecular formula is C18H19NO3S. The van der Waals surface area contributed by atoms with Crippen molar-refractivity contribution in [3.05, 3.63) is 59.2 Å². The molecule has 1 heterocycles. The van der Waals surface area contributed by atoms with E-state index in [-0.39, 0.29) is 12.7 Å². The minimum Gasteiger partial charge on any atom is -0.454 e. The molecule has 1 amide bonds. The lowest BCUT2D eigenvalue weighted by Crippen LogP contribution is -2.25. The van der Waals surface area contributed by atoms with E-state index in [4.69, 9.17) is 9.47 Å². The highest BCUT2D eigenvalue weighted by Gasteiger charge is 2.15. The van der Waals surface area contributed by atoms with Gasteiger partial charge in [-0.25, -0.2) is 0 Å². The van der Waals surface area contributed by atoms with Gasteiger partial charge in [-0.2, -0.15) is 11.8 Å². The van der Waals surface area contributed by atoms with Crippen molar-refractivity contribution in [3.63, 3.8) is 0 Å². The van der Waals surface area contributed by atoms with Gasteiger partial charge in [-0.05, 0) is 30.7 Å². The molecule has 1 aliphatic rings. The van der Waals surface area contributed by atoms with Gasteiger partial charge in [0.25, 0.3) is 5.91 Å². The first-order valence-corrected chi connectivity index (χ1v) is 8.69. The molecule has 120 valence electrons. The Kier molecular flexibility index (Phi) is 5.08. The summed E-state index contributed by atoms with van der Waals surface area (Å²) in [4.78, 5) is 12.1. The van der Waals surface area contributed by atoms with Crippen LogP contribution in [0.1, 0.15) is 21.5 Å². The largest absolute Gasteiger partial charge is 0.454 e. The zero-order valence-corrected chi connectivity index (χ0v) is 13.8. The second kappa shape index (κ2) is 7.42. The second-order valence-electron chi connectivity index (χ2n) is 5.36. The number of thioether (sulfide) groups is 1. The molecule has 0 aromatic heterocycles. The van der Waals surface area contributed by atoms with Crippen LogP contribution < -0.4 is 14.8 Å². The van der Waals surface area contributed by atoms with Crippen molar-refractivity contribution in [2.45, 2.75) is 12.7 Å². The molecule has 0 fully saturated rings. The molecule has 0 saturated carbocycles. The summed E-state index contributed by atoms with van der Waals surface area (Å²) in [6.07, 6.45) is 0. The van der Waals surface area contributed by atoms with Crippen molar-refractivity contribution in [2.24, 2.45) is 0 Å². The van der Waals surface area contributed by atoms with Crippen LogP contribution in [-0.2, 0) is 5.75 Å². The summed E-state index contributed by atoms with van der Waals surface area (Å²) < 4.78 is 10.5. The van der Waals surface area contributed by atoms with Crippen molar-refractivity contribution in [1.82, 2.24) is 5.32 Å². The summed E-state index contributed by atoms with van der Waals surface area (Å²) in [5, 5.41) is 2.93. The first kappa shape index (κ1) is 15.7. The van der Waals surface area contributed by atoms with Crippen LogP contribution in [0.25, 0.3) is 0 Å². The third-order valence-corrected chi connectivity index (χ3v) is 4.59. The lowest BCUT2D eigenvalue weighted by molar-refractivity contribution is 0.0955. The van der Waals surface area contributed by atoms with E-state index in [0.29, 0.717) is 23.6 Å². The maximum absolute atomic E-state index is 12.1. The fourth-order valence-corrected chi connectivity index (χ4v) is 3.07. The van der Waals surface area contributed by atoms with Crippen LogP contribution in [0.4, 0.5) is 0 Å². The number of hydrogen-bond acceptors (Lipinski definition) is 4. The summed E-state index contributed by atoms with van der Waals surface area (Å²) in [6.45, 7) is 2.95. The Balaban J connectivity index is 1.40. The normalized spacial score (nSPS) is 12.2. The molecule has 0 unspecified atom stereocenters. The standard InChI is InChI=1S/C18H19NO3S/c1-13-2-4-14(5-3-13)11-23-9-8-19-18(20)15-6-7-16-17(10-15)22-12-21-16/h2-7,10H,8-9,11-12H2,1H3,(H,19,20). The Hall–Kier alpha value is -2.14. The van der Waals surface area contributed by atoms with Crippen molar-refractivity contribution in [1.29, 1.82) is 0 Å². The van der Waals surface area contributed by atoms with Gasteiger partial charge in [0.2, 0.25) is 6.79 Å². The third-order valence-electron chi connectivity index (χ3n) is 3.56. The van der Waals surface area contributed by atoms with E-state index in [1.807, 2.05) is 11.8 Å². The van der Waals surface area contributed by atoms with E-state index in [1.54, 1.807) is 18.2 Å². The van der Waals surface area contributed by atoms with Gasteiger partial charge >= 0.3 is 0 Å². The Morgan fingerprint density at radius 3 is 2.74 bits per heavy atom. The van der Waals surface area contributed by atoms with Gasteiger partial charge in [-0.1, -0.05) is 29.8 Å². The van der Waals surface area contributed by atoms with Crippen LogP contribution >= 0.6 is 11.8 Å². The van der Waals surface area contributed by atoms with Gasteiger partial charge in [0.15, 0.2) is 11.5 Å². The van der Waals surface area contributed by atoms with Crippen LogP contribution in [-0.4, -0.2) is 25.0 Å². The Labute approximate surface area is 140 Å². The average Bonchev–Trinajstić information content (AvgIpc) is 3.03. The molecule has 0 aliphatic carbocycles. The minimum absolute atomic E-state index is 0.0840. The molecule has 4 nitrogen and oxygen atoms in total. The van der Waals surface area contributed by atoms with E-state index < -0.39 is 0 Å². The molecule has 0 bridgehead atoms. The number of amides is 1. The lowest BCUT2D eigenvalue weighted by Gasteiger charge is -2.06. The molecular weight excluding hydrogens is 310 g/mol. The van der Waals surface area contributed by atoms with Crippen LogP contribution in [0.3, 0.4) is 0 Å². The summed E-state index contributed by atoms with van der Waals surface area (Å²) in [6, 6.07) is 13.8. The smallest absolute Gasteiger partial charge is 0.251 e. The second-order valence-corrected chi connectivity index (χ2v) is 6.47. The van der Waals surface area contributed by atoms with Crippen molar-refractivity contribution >= 4 is 17.7 Å². The zero-order chi connectivity index (χ0) is 16.1. The predicted octanol–water partition coefficient (Wildman–Crippen LogP) is 3.39. The number of benzene rings is 2.